The van der Waals surface area contributed by atoms with Gasteiger partial charge in [-0.05, 0) is 24.3 Å². The number of benzene rings is 1. The molecule has 2 heterocycles. The summed E-state index contributed by atoms with van der Waals surface area (Å²) in [6, 6.07) is 7.67. The number of thioether (sulfide) groups is 1. The summed E-state index contributed by atoms with van der Waals surface area (Å²) in [7, 11) is 3.55. The Balaban J connectivity index is 1.69. The summed E-state index contributed by atoms with van der Waals surface area (Å²) in [5.74, 6) is 2.23. The molecule has 8 heteroatoms. The fourth-order valence-corrected chi connectivity index (χ4v) is 3.02. The Bertz CT molecular complexity index is 671. The molecule has 0 radical (unpaired) electrons. The maximum atomic E-state index is 11.0. The van der Waals surface area contributed by atoms with Gasteiger partial charge in [-0.25, -0.2) is 4.79 Å². The van der Waals surface area contributed by atoms with Crippen LogP contribution in [0.5, 0.6) is 5.75 Å². The van der Waals surface area contributed by atoms with Gasteiger partial charge in [0.25, 0.3) is 0 Å². The van der Waals surface area contributed by atoms with Crippen LogP contribution < -0.4 is 10.1 Å². The second-order valence-corrected chi connectivity index (χ2v) is 5.80. The zero-order valence-electron chi connectivity index (χ0n) is 12.3. The zero-order valence-corrected chi connectivity index (χ0v) is 13.1. The van der Waals surface area contributed by atoms with Crippen LogP contribution in [0.4, 0.5) is 4.79 Å². The molecule has 116 valence electrons. The fourth-order valence-electron chi connectivity index (χ4n) is 2.12. The first kappa shape index (κ1) is 14.7. The third-order valence-corrected chi connectivity index (χ3v) is 4.48. The predicted octanol–water partition coefficient (Wildman–Crippen LogP) is 1.69. The van der Waals surface area contributed by atoms with Crippen LogP contribution >= 0.6 is 11.8 Å². The second-order valence-electron chi connectivity index (χ2n) is 4.81. The van der Waals surface area contributed by atoms with Crippen molar-refractivity contribution >= 4 is 17.9 Å². The van der Waals surface area contributed by atoms with E-state index in [0.717, 1.165) is 22.3 Å². The molecule has 0 bridgehead atoms. The molecule has 1 atom stereocenters. The van der Waals surface area contributed by atoms with E-state index in [1.54, 1.807) is 7.11 Å². The van der Waals surface area contributed by atoms with Crippen molar-refractivity contribution in [3.63, 3.8) is 0 Å². The van der Waals surface area contributed by atoms with Gasteiger partial charge in [0.2, 0.25) is 0 Å². The van der Waals surface area contributed by atoms with Gasteiger partial charge in [-0.15, -0.1) is 10.2 Å². The Labute approximate surface area is 132 Å². The molecule has 7 nitrogen and oxygen atoms in total. The average Bonchev–Trinajstić information content (AvgIpc) is 3.11. The molecule has 1 unspecified atom stereocenters. The molecule has 1 fully saturated rings. The van der Waals surface area contributed by atoms with Crippen LogP contribution in [0.1, 0.15) is 0 Å². The van der Waals surface area contributed by atoms with Crippen molar-refractivity contribution in [1.82, 2.24) is 20.1 Å². The van der Waals surface area contributed by atoms with Gasteiger partial charge in [0.1, 0.15) is 11.9 Å². The lowest BCUT2D eigenvalue weighted by Gasteiger charge is -2.07. The molecule has 0 spiro atoms. The van der Waals surface area contributed by atoms with E-state index in [0.29, 0.717) is 12.3 Å². The predicted molar refractivity (Wildman–Crippen MR) is 82.0 cm³/mol. The number of carbonyl (C=O) groups is 1. The summed E-state index contributed by atoms with van der Waals surface area (Å²) in [5, 5.41) is 11.8. The molecule has 3 rings (SSSR count). The van der Waals surface area contributed by atoms with Crippen LogP contribution in [0.2, 0.25) is 0 Å². The number of nitrogens with zero attached hydrogens (tertiary/aromatic N) is 3. The lowest BCUT2D eigenvalue weighted by atomic mass is 10.2. The van der Waals surface area contributed by atoms with Crippen LogP contribution in [-0.4, -0.2) is 46.4 Å². The van der Waals surface area contributed by atoms with E-state index in [9.17, 15) is 4.79 Å². The smallest absolute Gasteiger partial charge is 0.407 e. The van der Waals surface area contributed by atoms with Crippen molar-refractivity contribution < 1.29 is 14.3 Å². The molecule has 0 saturated carbocycles. The summed E-state index contributed by atoms with van der Waals surface area (Å²) in [5.41, 5.74) is 0.969. The quantitative estimate of drug-likeness (QED) is 0.845. The van der Waals surface area contributed by atoms with Gasteiger partial charge in [0, 0.05) is 18.4 Å². The Kier molecular flexibility index (Phi) is 4.19. The Morgan fingerprint density at radius 2 is 2.18 bits per heavy atom. The Morgan fingerprint density at radius 3 is 2.82 bits per heavy atom. The fraction of sp³-hybridized carbons (Fsp3) is 0.357. The number of alkyl carbamates (subject to hydrolysis) is 1. The summed E-state index contributed by atoms with van der Waals surface area (Å²) in [4.78, 5) is 11.0. The Hall–Kier alpha value is -2.22. The molecule has 0 aliphatic carbocycles. The van der Waals surface area contributed by atoms with E-state index in [-0.39, 0.29) is 12.2 Å². The molecule has 2 aromatic rings. The van der Waals surface area contributed by atoms with E-state index in [1.807, 2.05) is 35.9 Å². The number of rotatable bonds is 5. The number of methoxy groups -OCH3 is 1. The van der Waals surface area contributed by atoms with Gasteiger partial charge in [-0.3, -0.25) is 0 Å². The SMILES string of the molecule is COc1ccc(-c2nnc(SCC3CNC(=O)O3)n2C)cc1. The van der Waals surface area contributed by atoms with Crippen LogP contribution in [0.15, 0.2) is 29.4 Å². The highest BCUT2D eigenvalue weighted by atomic mass is 32.2. The van der Waals surface area contributed by atoms with Crippen molar-refractivity contribution in [2.24, 2.45) is 7.05 Å². The lowest BCUT2D eigenvalue weighted by molar-refractivity contribution is 0.150. The molecule has 1 saturated heterocycles. The highest BCUT2D eigenvalue weighted by molar-refractivity contribution is 7.99. The van der Waals surface area contributed by atoms with Crippen LogP contribution in [-0.2, 0) is 11.8 Å². The monoisotopic (exact) mass is 320 g/mol. The van der Waals surface area contributed by atoms with Crippen molar-refractivity contribution in [1.29, 1.82) is 0 Å². The first-order chi connectivity index (χ1) is 10.7. The third kappa shape index (κ3) is 3.01. The van der Waals surface area contributed by atoms with E-state index < -0.39 is 0 Å². The zero-order chi connectivity index (χ0) is 15.5. The van der Waals surface area contributed by atoms with Gasteiger partial charge >= 0.3 is 6.09 Å². The van der Waals surface area contributed by atoms with Crippen molar-refractivity contribution in [2.45, 2.75) is 11.3 Å². The minimum atomic E-state index is -0.359. The first-order valence-corrected chi connectivity index (χ1v) is 7.77. The molecule has 1 N–H and O–H groups in total. The lowest BCUT2D eigenvalue weighted by Crippen LogP contribution is -2.17. The van der Waals surface area contributed by atoms with Crippen molar-refractivity contribution in [3.8, 4) is 17.1 Å². The molecular formula is C14H16N4O3S. The summed E-state index contributed by atoms with van der Waals surface area (Å²) in [6.07, 6.45) is -0.485. The Morgan fingerprint density at radius 1 is 1.41 bits per heavy atom. The molecule has 1 aromatic heterocycles. The normalized spacial score (nSPS) is 17.2. The molecular weight excluding hydrogens is 304 g/mol. The molecule has 22 heavy (non-hydrogen) atoms. The highest BCUT2D eigenvalue weighted by Crippen LogP contribution is 2.25. The van der Waals surface area contributed by atoms with E-state index >= 15 is 0 Å². The minimum Gasteiger partial charge on any atom is -0.497 e. The van der Waals surface area contributed by atoms with E-state index in [4.69, 9.17) is 9.47 Å². The number of ether oxygens (including phenoxy) is 2. The molecule has 1 aliphatic rings. The topological polar surface area (TPSA) is 78.3 Å². The molecule has 1 aliphatic heterocycles. The van der Waals surface area contributed by atoms with Crippen LogP contribution in [0, 0.1) is 0 Å². The van der Waals surface area contributed by atoms with Gasteiger partial charge in [0.05, 0.1) is 13.7 Å². The summed E-state index contributed by atoms with van der Waals surface area (Å²) >= 11 is 1.52. The molecule has 1 aromatic carbocycles. The maximum Gasteiger partial charge on any atom is 0.407 e. The van der Waals surface area contributed by atoms with Gasteiger partial charge in [-0.1, -0.05) is 11.8 Å². The highest BCUT2D eigenvalue weighted by Gasteiger charge is 2.23. The van der Waals surface area contributed by atoms with Crippen LogP contribution in [0.25, 0.3) is 11.4 Å². The maximum absolute atomic E-state index is 11.0. The summed E-state index contributed by atoms with van der Waals surface area (Å²) < 4.78 is 12.2. The number of hydrogen-bond donors (Lipinski definition) is 1. The third-order valence-electron chi connectivity index (χ3n) is 3.33. The number of carbonyl (C=O) groups excluding carboxylic acids is 1. The van der Waals surface area contributed by atoms with Gasteiger partial charge in [0.15, 0.2) is 11.0 Å². The second kappa shape index (κ2) is 6.27. The van der Waals surface area contributed by atoms with Crippen LogP contribution in [0.3, 0.4) is 0 Å². The number of cyclic esters (lactones) is 1. The van der Waals surface area contributed by atoms with E-state index in [1.165, 1.54) is 11.8 Å². The van der Waals surface area contributed by atoms with Crippen molar-refractivity contribution in [3.05, 3.63) is 24.3 Å². The largest absolute Gasteiger partial charge is 0.497 e. The minimum absolute atomic E-state index is 0.126. The standard InChI is InChI=1S/C14H16N4O3S/c1-18-12(9-3-5-10(20-2)6-4-9)16-17-13(18)22-8-11-7-15-14(19)21-11/h3-6,11H,7-8H2,1-2H3,(H,15,19). The van der Waals surface area contributed by atoms with Crippen molar-refractivity contribution in [2.75, 3.05) is 19.4 Å². The number of amides is 1. The van der Waals surface area contributed by atoms with Gasteiger partial charge < -0.3 is 19.4 Å². The summed E-state index contributed by atoms with van der Waals surface area (Å²) in [6.45, 7) is 0.537. The molecule has 1 amide bonds. The number of hydrogen-bond acceptors (Lipinski definition) is 6. The number of aromatic nitrogens is 3. The van der Waals surface area contributed by atoms with E-state index in [2.05, 4.69) is 15.5 Å². The van der Waals surface area contributed by atoms with Gasteiger partial charge in [-0.2, -0.15) is 0 Å². The first-order valence-electron chi connectivity index (χ1n) is 6.78. The average molecular weight is 320 g/mol. The number of nitrogens with one attached hydrogen (secondary N) is 1.